The molecule has 5 heteroatoms. The monoisotopic (exact) mass is 328 g/mol. The number of benzene rings is 1. The average Bonchev–Trinajstić information content (AvgIpc) is 2.61. The van der Waals surface area contributed by atoms with Crippen molar-refractivity contribution in [1.29, 1.82) is 0 Å². The van der Waals surface area contributed by atoms with Gasteiger partial charge in [-0.3, -0.25) is 9.59 Å². The fourth-order valence-corrected chi connectivity index (χ4v) is 3.32. The zero-order valence-electron chi connectivity index (χ0n) is 14.1. The van der Waals surface area contributed by atoms with Crippen LogP contribution in [0.1, 0.15) is 39.0 Å². The van der Waals surface area contributed by atoms with E-state index in [2.05, 4.69) is 5.32 Å². The van der Waals surface area contributed by atoms with Crippen molar-refractivity contribution in [3.8, 4) is 5.75 Å². The van der Waals surface area contributed by atoms with Crippen molar-refractivity contribution in [1.82, 2.24) is 9.88 Å². The van der Waals surface area contributed by atoms with Gasteiger partial charge in [-0.15, -0.1) is 0 Å². The van der Waals surface area contributed by atoms with Crippen LogP contribution in [0, 0.1) is 0 Å². The quantitative estimate of drug-likeness (QED) is 0.918. The van der Waals surface area contributed by atoms with E-state index in [0.29, 0.717) is 17.7 Å². The third kappa shape index (κ3) is 3.61. The van der Waals surface area contributed by atoms with Crippen LogP contribution in [-0.2, 0) is 11.3 Å². The molecule has 1 aliphatic rings. The van der Waals surface area contributed by atoms with Crippen LogP contribution in [0.25, 0.3) is 10.8 Å². The normalized spacial score (nSPS) is 15.4. The van der Waals surface area contributed by atoms with Gasteiger partial charge in [0.1, 0.15) is 5.75 Å². The predicted octanol–water partition coefficient (Wildman–Crippen LogP) is 2.85. The van der Waals surface area contributed by atoms with E-state index in [1.54, 1.807) is 29.0 Å². The molecule has 1 N–H and O–H groups in total. The first kappa shape index (κ1) is 16.6. The molecule has 3 rings (SSSR count). The Hall–Kier alpha value is -2.30. The molecular weight excluding hydrogens is 304 g/mol. The summed E-state index contributed by atoms with van der Waals surface area (Å²) >= 11 is 0. The minimum Gasteiger partial charge on any atom is -0.483 e. The number of aromatic nitrogens is 1. The van der Waals surface area contributed by atoms with Gasteiger partial charge in [0.15, 0.2) is 6.61 Å². The molecule has 0 aliphatic heterocycles. The molecule has 0 radical (unpaired) electrons. The van der Waals surface area contributed by atoms with Crippen molar-refractivity contribution in [2.45, 2.75) is 51.6 Å². The Kier molecular flexibility index (Phi) is 5.18. The maximum absolute atomic E-state index is 12.3. The number of nitrogens with zero attached hydrogens (tertiary/aromatic N) is 1. The van der Waals surface area contributed by atoms with Crippen LogP contribution < -0.4 is 15.6 Å². The first-order valence-corrected chi connectivity index (χ1v) is 8.73. The second-order valence-corrected chi connectivity index (χ2v) is 6.32. The molecule has 1 heterocycles. The second-order valence-electron chi connectivity index (χ2n) is 6.32. The van der Waals surface area contributed by atoms with Gasteiger partial charge in [0.2, 0.25) is 0 Å². The van der Waals surface area contributed by atoms with Gasteiger partial charge < -0.3 is 14.6 Å². The van der Waals surface area contributed by atoms with E-state index in [-0.39, 0.29) is 24.1 Å². The van der Waals surface area contributed by atoms with Crippen LogP contribution in [0.3, 0.4) is 0 Å². The standard InChI is InChI=1S/C19H24N2O3/c1-2-21-12-11-15-16(19(21)23)9-6-10-17(15)24-13-18(22)20-14-7-4-3-5-8-14/h6,9-12,14H,2-5,7-8,13H2,1H3,(H,20,22). The van der Waals surface area contributed by atoms with E-state index in [1.165, 1.54) is 19.3 Å². The Morgan fingerprint density at radius 2 is 2.00 bits per heavy atom. The summed E-state index contributed by atoms with van der Waals surface area (Å²) in [5, 5.41) is 4.40. The Balaban J connectivity index is 1.70. The summed E-state index contributed by atoms with van der Waals surface area (Å²) in [7, 11) is 0. The van der Waals surface area contributed by atoms with Crippen LogP contribution in [0.15, 0.2) is 35.3 Å². The summed E-state index contributed by atoms with van der Waals surface area (Å²) in [6.45, 7) is 2.54. The highest BCUT2D eigenvalue weighted by Crippen LogP contribution is 2.23. The molecule has 5 nitrogen and oxygen atoms in total. The Labute approximate surface area is 141 Å². The van der Waals surface area contributed by atoms with E-state index in [9.17, 15) is 9.59 Å². The summed E-state index contributed by atoms with van der Waals surface area (Å²) in [6.07, 6.45) is 7.48. The average molecular weight is 328 g/mol. The maximum atomic E-state index is 12.3. The summed E-state index contributed by atoms with van der Waals surface area (Å²) in [6, 6.07) is 7.52. The van der Waals surface area contributed by atoms with E-state index < -0.39 is 0 Å². The molecule has 2 aromatic rings. The molecule has 0 bridgehead atoms. The highest BCUT2D eigenvalue weighted by atomic mass is 16.5. The zero-order chi connectivity index (χ0) is 16.9. The Morgan fingerprint density at radius 1 is 1.21 bits per heavy atom. The van der Waals surface area contributed by atoms with Crippen molar-refractivity contribution in [3.05, 3.63) is 40.8 Å². The third-order valence-electron chi connectivity index (χ3n) is 4.65. The molecule has 0 spiro atoms. The van der Waals surface area contributed by atoms with Crippen LogP contribution in [0.4, 0.5) is 0 Å². The molecule has 0 saturated heterocycles. The van der Waals surface area contributed by atoms with Gasteiger partial charge in [-0.1, -0.05) is 25.3 Å². The van der Waals surface area contributed by atoms with Crippen LogP contribution in [-0.4, -0.2) is 23.1 Å². The lowest BCUT2D eigenvalue weighted by Gasteiger charge is -2.22. The van der Waals surface area contributed by atoms with Gasteiger partial charge in [-0.2, -0.15) is 0 Å². The summed E-state index contributed by atoms with van der Waals surface area (Å²) in [5.41, 5.74) is -0.0351. The van der Waals surface area contributed by atoms with E-state index >= 15 is 0 Å². The molecule has 1 aliphatic carbocycles. The molecule has 1 aromatic heterocycles. The van der Waals surface area contributed by atoms with Gasteiger partial charge in [-0.05, 0) is 38.0 Å². The van der Waals surface area contributed by atoms with Gasteiger partial charge in [0.25, 0.3) is 11.5 Å². The van der Waals surface area contributed by atoms with Crippen molar-refractivity contribution < 1.29 is 9.53 Å². The number of carbonyl (C=O) groups is 1. The number of ether oxygens (including phenoxy) is 1. The van der Waals surface area contributed by atoms with E-state index in [1.807, 2.05) is 13.0 Å². The first-order chi connectivity index (χ1) is 11.7. The Morgan fingerprint density at radius 3 is 2.75 bits per heavy atom. The number of amides is 1. The topological polar surface area (TPSA) is 60.3 Å². The predicted molar refractivity (Wildman–Crippen MR) is 94.4 cm³/mol. The SMILES string of the molecule is CCn1ccc2c(OCC(=O)NC3CCCCC3)cccc2c1=O. The molecule has 24 heavy (non-hydrogen) atoms. The summed E-state index contributed by atoms with van der Waals surface area (Å²) in [5.74, 6) is 0.479. The van der Waals surface area contributed by atoms with E-state index in [4.69, 9.17) is 4.74 Å². The highest BCUT2D eigenvalue weighted by Gasteiger charge is 2.16. The lowest BCUT2D eigenvalue weighted by molar-refractivity contribution is -0.124. The molecule has 0 atom stereocenters. The fourth-order valence-electron chi connectivity index (χ4n) is 3.32. The van der Waals surface area contributed by atoms with Crippen molar-refractivity contribution in [2.24, 2.45) is 0 Å². The molecular formula is C19H24N2O3. The number of rotatable bonds is 5. The minimum atomic E-state index is -0.0965. The van der Waals surface area contributed by atoms with Gasteiger partial charge in [-0.25, -0.2) is 0 Å². The molecule has 1 fully saturated rings. The minimum absolute atomic E-state index is 0.0214. The number of aryl methyl sites for hydroxylation is 1. The molecule has 128 valence electrons. The first-order valence-electron chi connectivity index (χ1n) is 8.73. The van der Waals surface area contributed by atoms with Gasteiger partial charge >= 0.3 is 0 Å². The summed E-state index contributed by atoms with van der Waals surface area (Å²) < 4.78 is 7.35. The van der Waals surface area contributed by atoms with Crippen molar-refractivity contribution >= 4 is 16.7 Å². The maximum Gasteiger partial charge on any atom is 0.258 e. The number of carbonyl (C=O) groups excluding carboxylic acids is 1. The van der Waals surface area contributed by atoms with Crippen molar-refractivity contribution in [2.75, 3.05) is 6.61 Å². The Bertz CT molecular complexity index is 776. The fraction of sp³-hybridized carbons (Fsp3) is 0.474. The lowest BCUT2D eigenvalue weighted by Crippen LogP contribution is -2.39. The largest absolute Gasteiger partial charge is 0.483 e. The van der Waals surface area contributed by atoms with Crippen LogP contribution >= 0.6 is 0 Å². The molecule has 1 aromatic carbocycles. The third-order valence-corrected chi connectivity index (χ3v) is 4.65. The number of hydrogen-bond acceptors (Lipinski definition) is 3. The summed E-state index contributed by atoms with van der Waals surface area (Å²) in [4.78, 5) is 24.4. The van der Waals surface area contributed by atoms with Crippen LogP contribution in [0.5, 0.6) is 5.75 Å². The molecule has 0 unspecified atom stereocenters. The lowest BCUT2D eigenvalue weighted by atomic mass is 9.95. The smallest absolute Gasteiger partial charge is 0.258 e. The van der Waals surface area contributed by atoms with Gasteiger partial charge in [0, 0.05) is 24.2 Å². The number of nitrogens with one attached hydrogen (secondary N) is 1. The highest BCUT2D eigenvalue weighted by molar-refractivity contribution is 5.88. The number of pyridine rings is 1. The number of hydrogen-bond donors (Lipinski definition) is 1. The van der Waals surface area contributed by atoms with Crippen LogP contribution in [0.2, 0.25) is 0 Å². The van der Waals surface area contributed by atoms with Gasteiger partial charge in [0.05, 0.1) is 5.39 Å². The second kappa shape index (κ2) is 7.51. The molecule has 1 saturated carbocycles. The van der Waals surface area contributed by atoms with E-state index in [0.717, 1.165) is 18.2 Å². The molecule has 1 amide bonds. The number of fused-ring (bicyclic) bond motifs is 1. The van der Waals surface area contributed by atoms with Crippen molar-refractivity contribution in [3.63, 3.8) is 0 Å². The zero-order valence-corrected chi connectivity index (χ0v) is 14.1.